The van der Waals surface area contributed by atoms with Crippen LogP contribution in [0.5, 0.6) is 0 Å². The lowest BCUT2D eigenvalue weighted by Gasteiger charge is -2.45. The van der Waals surface area contributed by atoms with E-state index in [-0.39, 0.29) is 0 Å². The highest BCUT2D eigenvalue weighted by molar-refractivity contribution is 9.10. The Kier molecular flexibility index (Phi) is 4.35. The van der Waals surface area contributed by atoms with Crippen molar-refractivity contribution >= 4 is 27.3 Å². The Morgan fingerprint density at radius 1 is 1.11 bits per heavy atom. The van der Waals surface area contributed by atoms with Gasteiger partial charge in [0, 0.05) is 4.47 Å². The number of thiophene rings is 1. The third-order valence-electron chi connectivity index (χ3n) is 5.17. The van der Waals surface area contributed by atoms with Crippen molar-refractivity contribution in [2.24, 2.45) is 11.8 Å². The minimum Gasteiger partial charge on any atom is -0.384 e. The van der Waals surface area contributed by atoms with Crippen LogP contribution in [0, 0.1) is 11.8 Å². The quantitative estimate of drug-likeness (QED) is 0.755. The average molecular weight is 343 g/mol. The molecule has 3 heteroatoms. The maximum Gasteiger partial charge on any atom is 0.103 e. The third kappa shape index (κ3) is 2.66. The molecule has 0 amide bonds. The molecule has 2 aliphatic carbocycles. The minimum atomic E-state index is -0.562. The standard InChI is InChI=1S/C16H23BrOS/c17-14-9-11-19-15(14)16(18)10-5-4-8-13(16)12-6-2-1-3-7-12/h9,11-13,18H,1-8,10H2. The normalized spacial score (nSPS) is 33.5. The predicted octanol–water partition coefficient (Wildman–Crippen LogP) is 5.47. The average Bonchev–Trinajstić information content (AvgIpc) is 2.87. The maximum atomic E-state index is 11.4. The van der Waals surface area contributed by atoms with Gasteiger partial charge in [0.2, 0.25) is 0 Å². The van der Waals surface area contributed by atoms with Gasteiger partial charge in [-0.2, -0.15) is 0 Å². The minimum absolute atomic E-state index is 0.483. The van der Waals surface area contributed by atoms with Crippen LogP contribution in [0.1, 0.15) is 62.7 Å². The molecule has 0 spiro atoms. The van der Waals surface area contributed by atoms with Gasteiger partial charge in [-0.15, -0.1) is 11.3 Å². The summed E-state index contributed by atoms with van der Waals surface area (Å²) < 4.78 is 1.11. The molecule has 0 saturated heterocycles. The molecule has 0 bridgehead atoms. The van der Waals surface area contributed by atoms with E-state index in [0.29, 0.717) is 5.92 Å². The Morgan fingerprint density at radius 3 is 2.53 bits per heavy atom. The zero-order valence-electron chi connectivity index (χ0n) is 11.4. The summed E-state index contributed by atoms with van der Waals surface area (Å²) in [6.07, 6.45) is 11.4. The highest BCUT2D eigenvalue weighted by atomic mass is 79.9. The van der Waals surface area contributed by atoms with Gasteiger partial charge in [-0.3, -0.25) is 0 Å². The first-order valence-electron chi connectivity index (χ1n) is 7.67. The van der Waals surface area contributed by atoms with E-state index in [4.69, 9.17) is 0 Å². The summed E-state index contributed by atoms with van der Waals surface area (Å²) in [6.45, 7) is 0. The Morgan fingerprint density at radius 2 is 1.84 bits per heavy atom. The van der Waals surface area contributed by atoms with Crippen molar-refractivity contribution in [1.29, 1.82) is 0 Å². The van der Waals surface area contributed by atoms with Gasteiger partial charge in [-0.05, 0) is 52.1 Å². The van der Waals surface area contributed by atoms with E-state index >= 15 is 0 Å². The molecule has 2 aliphatic rings. The van der Waals surface area contributed by atoms with Crippen LogP contribution in [0.2, 0.25) is 0 Å². The van der Waals surface area contributed by atoms with Crippen LogP contribution in [0.25, 0.3) is 0 Å². The lowest BCUT2D eigenvalue weighted by Crippen LogP contribution is -2.42. The smallest absolute Gasteiger partial charge is 0.103 e. The molecule has 19 heavy (non-hydrogen) atoms. The first-order valence-corrected chi connectivity index (χ1v) is 9.35. The topological polar surface area (TPSA) is 20.2 Å². The molecule has 2 unspecified atom stereocenters. The fraction of sp³-hybridized carbons (Fsp3) is 0.750. The second kappa shape index (κ2) is 5.87. The van der Waals surface area contributed by atoms with E-state index in [1.165, 1.54) is 56.2 Å². The highest BCUT2D eigenvalue weighted by Gasteiger charge is 2.45. The number of hydrogen-bond acceptors (Lipinski definition) is 2. The molecule has 0 radical (unpaired) electrons. The summed E-state index contributed by atoms with van der Waals surface area (Å²) in [7, 11) is 0. The SMILES string of the molecule is OC1(c2sccc2Br)CCCCC1C1CCCCC1. The molecule has 0 aliphatic heterocycles. The summed E-state index contributed by atoms with van der Waals surface area (Å²) in [5, 5.41) is 13.5. The van der Waals surface area contributed by atoms with Gasteiger partial charge in [0.25, 0.3) is 0 Å². The van der Waals surface area contributed by atoms with Gasteiger partial charge in [-0.25, -0.2) is 0 Å². The van der Waals surface area contributed by atoms with Gasteiger partial charge < -0.3 is 5.11 Å². The molecule has 3 rings (SSSR count). The number of hydrogen-bond donors (Lipinski definition) is 1. The van der Waals surface area contributed by atoms with Gasteiger partial charge in [-0.1, -0.05) is 44.9 Å². The van der Waals surface area contributed by atoms with Crippen molar-refractivity contribution in [2.45, 2.75) is 63.4 Å². The van der Waals surface area contributed by atoms with Crippen molar-refractivity contribution in [3.05, 3.63) is 20.8 Å². The zero-order chi connectivity index (χ0) is 13.3. The van der Waals surface area contributed by atoms with Gasteiger partial charge >= 0.3 is 0 Å². The zero-order valence-corrected chi connectivity index (χ0v) is 13.8. The van der Waals surface area contributed by atoms with Crippen LogP contribution >= 0.6 is 27.3 Å². The lowest BCUT2D eigenvalue weighted by atomic mass is 9.65. The molecule has 2 fully saturated rings. The van der Waals surface area contributed by atoms with Gasteiger partial charge in [0.05, 0.1) is 4.88 Å². The fourth-order valence-corrected chi connectivity index (χ4v) is 6.14. The number of halogens is 1. The monoisotopic (exact) mass is 342 g/mol. The second-order valence-electron chi connectivity index (χ2n) is 6.27. The van der Waals surface area contributed by atoms with Crippen molar-refractivity contribution in [3.8, 4) is 0 Å². The van der Waals surface area contributed by atoms with Crippen molar-refractivity contribution in [3.63, 3.8) is 0 Å². The number of aliphatic hydroxyl groups is 1. The fourth-order valence-electron chi connectivity index (χ4n) is 4.23. The second-order valence-corrected chi connectivity index (χ2v) is 8.04. The van der Waals surface area contributed by atoms with Crippen molar-refractivity contribution in [1.82, 2.24) is 0 Å². The van der Waals surface area contributed by atoms with E-state index < -0.39 is 5.60 Å². The molecule has 1 aromatic rings. The molecule has 0 aromatic carbocycles. The van der Waals surface area contributed by atoms with E-state index in [1.807, 2.05) is 0 Å². The Hall–Kier alpha value is 0.140. The lowest BCUT2D eigenvalue weighted by molar-refractivity contribution is -0.0812. The molecule has 1 aromatic heterocycles. The molecule has 106 valence electrons. The van der Waals surface area contributed by atoms with Crippen LogP contribution < -0.4 is 0 Å². The molecule has 1 heterocycles. The van der Waals surface area contributed by atoms with Crippen LogP contribution in [0.3, 0.4) is 0 Å². The summed E-state index contributed by atoms with van der Waals surface area (Å²) in [4.78, 5) is 1.18. The van der Waals surface area contributed by atoms with E-state index in [1.54, 1.807) is 11.3 Å². The Bertz CT molecular complexity index is 424. The van der Waals surface area contributed by atoms with Crippen LogP contribution in [0.4, 0.5) is 0 Å². The van der Waals surface area contributed by atoms with Crippen molar-refractivity contribution < 1.29 is 5.11 Å². The molecule has 1 nitrogen and oxygen atoms in total. The largest absolute Gasteiger partial charge is 0.384 e. The van der Waals surface area contributed by atoms with E-state index in [0.717, 1.165) is 16.8 Å². The Balaban J connectivity index is 1.89. The van der Waals surface area contributed by atoms with E-state index in [9.17, 15) is 5.11 Å². The van der Waals surface area contributed by atoms with Crippen LogP contribution in [-0.2, 0) is 5.60 Å². The molecule has 2 atom stereocenters. The molecule has 2 saturated carbocycles. The summed E-state index contributed by atoms with van der Waals surface area (Å²) in [5.74, 6) is 1.23. The Labute approximate surface area is 128 Å². The van der Waals surface area contributed by atoms with E-state index in [2.05, 4.69) is 27.4 Å². The number of rotatable bonds is 2. The van der Waals surface area contributed by atoms with Gasteiger partial charge in [0.1, 0.15) is 5.60 Å². The highest BCUT2D eigenvalue weighted by Crippen LogP contribution is 2.51. The van der Waals surface area contributed by atoms with Crippen LogP contribution in [0.15, 0.2) is 15.9 Å². The molecular weight excluding hydrogens is 320 g/mol. The predicted molar refractivity (Wildman–Crippen MR) is 84.4 cm³/mol. The van der Waals surface area contributed by atoms with Gasteiger partial charge in [0.15, 0.2) is 0 Å². The van der Waals surface area contributed by atoms with Crippen molar-refractivity contribution in [2.75, 3.05) is 0 Å². The summed E-state index contributed by atoms with van der Waals surface area (Å²) >= 11 is 5.36. The summed E-state index contributed by atoms with van der Waals surface area (Å²) in [6, 6.07) is 2.09. The molecule has 1 N–H and O–H groups in total. The first-order chi connectivity index (χ1) is 9.22. The third-order valence-corrected chi connectivity index (χ3v) is 7.17. The van der Waals surface area contributed by atoms with Crippen LogP contribution in [-0.4, -0.2) is 5.11 Å². The summed E-state index contributed by atoms with van der Waals surface area (Å²) in [5.41, 5.74) is -0.562. The first kappa shape index (κ1) is 14.1. The molecular formula is C16H23BrOS. The maximum absolute atomic E-state index is 11.4.